The number of amides is 2. The van der Waals surface area contributed by atoms with Crippen molar-refractivity contribution in [2.24, 2.45) is 11.7 Å². The predicted molar refractivity (Wildman–Crippen MR) is 108 cm³/mol. The molecule has 11 nitrogen and oxygen atoms in total. The van der Waals surface area contributed by atoms with Crippen LogP contribution < -0.4 is 15.8 Å². The fraction of sp³-hybridized carbons (Fsp3) is 0.368. The molecule has 5 unspecified atom stereocenters. The number of rotatable bonds is 7. The number of nitrogens with two attached hydrogens (primary N) is 1. The van der Waals surface area contributed by atoms with E-state index in [0.717, 1.165) is 11.3 Å². The minimum absolute atomic E-state index is 0.134. The smallest absolute Gasteiger partial charge is 0.350 e. The van der Waals surface area contributed by atoms with Crippen LogP contribution in [0.2, 0.25) is 0 Å². The van der Waals surface area contributed by atoms with Crippen molar-refractivity contribution >= 4 is 29.0 Å². The van der Waals surface area contributed by atoms with Gasteiger partial charge in [0.15, 0.2) is 5.60 Å². The van der Waals surface area contributed by atoms with E-state index in [1.54, 1.807) is 18.2 Å². The Morgan fingerprint density at radius 2 is 1.94 bits per heavy atom. The molecule has 1 aromatic heterocycles. The highest BCUT2D eigenvalue weighted by Crippen LogP contribution is 2.42. The quantitative estimate of drug-likeness (QED) is 0.213. The molecule has 12 heteroatoms. The molecule has 0 bridgehead atoms. The van der Waals surface area contributed by atoms with E-state index in [1.165, 1.54) is 19.2 Å². The van der Waals surface area contributed by atoms with Crippen LogP contribution in [0.5, 0.6) is 5.75 Å². The third-order valence-corrected chi connectivity index (χ3v) is 6.31. The van der Waals surface area contributed by atoms with E-state index in [9.17, 15) is 35.1 Å². The summed E-state index contributed by atoms with van der Waals surface area (Å²) in [6.45, 7) is -0.656. The van der Waals surface area contributed by atoms with Crippen molar-refractivity contribution in [2.45, 2.75) is 24.1 Å². The summed E-state index contributed by atoms with van der Waals surface area (Å²) in [4.78, 5) is 23.9. The number of esters is 1. The zero-order valence-electron chi connectivity index (χ0n) is 16.3. The van der Waals surface area contributed by atoms with Gasteiger partial charge in [-0.25, -0.2) is 9.59 Å². The van der Waals surface area contributed by atoms with Gasteiger partial charge in [-0.2, -0.15) is 0 Å². The van der Waals surface area contributed by atoms with E-state index in [4.69, 9.17) is 15.2 Å². The van der Waals surface area contributed by atoms with Crippen molar-refractivity contribution in [3.63, 3.8) is 0 Å². The number of aliphatic hydroxyl groups is 5. The number of nitrogens with one attached hydrogen (secondary N) is 1. The van der Waals surface area contributed by atoms with E-state index in [0.29, 0.717) is 10.4 Å². The topological polar surface area (TPSA) is 192 Å². The van der Waals surface area contributed by atoms with Gasteiger partial charge in [-0.05, 0) is 35.9 Å². The lowest BCUT2D eigenvalue weighted by molar-refractivity contribution is -0.332. The molecule has 3 rings (SSSR count). The number of hydrogen-bond donors (Lipinski definition) is 7. The molecule has 1 fully saturated rings. The number of ether oxygens (including phenoxy) is 2. The Hall–Kier alpha value is -2.74. The Labute approximate surface area is 180 Å². The standard InChI is InChI=1S/C19H22N2O9S/c1-29-16(25)14-11(21-18(20)27)6-12(31-14)8-2-4-9(5-3-8)30-17(26)19(28)10(7-22)13(23)15(19)24/h2-6,10,13,15,17,22-24,26,28H,7H2,1H3,(H3,20,21,27). The van der Waals surface area contributed by atoms with Crippen LogP contribution in [0.1, 0.15) is 9.67 Å². The highest BCUT2D eigenvalue weighted by atomic mass is 32.1. The van der Waals surface area contributed by atoms with E-state index in [2.05, 4.69) is 5.32 Å². The van der Waals surface area contributed by atoms with Crippen LogP contribution in [0.4, 0.5) is 10.5 Å². The average Bonchev–Trinajstić information content (AvgIpc) is 3.16. The van der Waals surface area contributed by atoms with Gasteiger partial charge in [-0.15, -0.1) is 11.3 Å². The second-order valence-electron chi connectivity index (χ2n) is 6.94. The summed E-state index contributed by atoms with van der Waals surface area (Å²) in [7, 11) is 1.21. The monoisotopic (exact) mass is 454 g/mol. The van der Waals surface area contributed by atoms with E-state index < -0.39 is 48.6 Å². The third kappa shape index (κ3) is 4.08. The van der Waals surface area contributed by atoms with Crippen LogP contribution in [0.3, 0.4) is 0 Å². The fourth-order valence-corrected chi connectivity index (χ4v) is 4.41. The number of hydrogen-bond acceptors (Lipinski definition) is 10. The number of urea groups is 1. The van der Waals surface area contributed by atoms with Gasteiger partial charge in [0.2, 0.25) is 6.29 Å². The highest BCUT2D eigenvalue weighted by Gasteiger charge is 2.65. The van der Waals surface area contributed by atoms with Gasteiger partial charge < -0.3 is 46.1 Å². The van der Waals surface area contributed by atoms with Crippen LogP contribution in [0.25, 0.3) is 10.4 Å². The number of benzene rings is 1. The number of carbonyl (C=O) groups excluding carboxylic acids is 2. The van der Waals surface area contributed by atoms with Crippen LogP contribution >= 0.6 is 11.3 Å². The number of primary amides is 1. The second kappa shape index (κ2) is 8.78. The number of thiophene rings is 1. The molecule has 0 spiro atoms. The van der Waals surface area contributed by atoms with Crippen molar-refractivity contribution in [1.82, 2.24) is 0 Å². The largest absolute Gasteiger partial charge is 0.465 e. The minimum Gasteiger partial charge on any atom is -0.465 e. The Morgan fingerprint density at radius 1 is 1.29 bits per heavy atom. The highest BCUT2D eigenvalue weighted by molar-refractivity contribution is 7.18. The molecule has 2 aromatic rings. The Kier molecular flexibility index (Phi) is 6.50. The molecule has 31 heavy (non-hydrogen) atoms. The molecule has 0 aliphatic heterocycles. The van der Waals surface area contributed by atoms with E-state index in [-0.39, 0.29) is 16.3 Å². The number of aliphatic hydroxyl groups excluding tert-OH is 4. The van der Waals surface area contributed by atoms with Crippen molar-refractivity contribution in [3.05, 3.63) is 35.2 Å². The molecule has 0 saturated heterocycles. The molecule has 168 valence electrons. The van der Waals surface area contributed by atoms with Crippen LogP contribution in [0.15, 0.2) is 30.3 Å². The van der Waals surface area contributed by atoms with Crippen molar-refractivity contribution in [2.75, 3.05) is 19.0 Å². The lowest BCUT2D eigenvalue weighted by Gasteiger charge is -2.53. The first-order valence-electron chi connectivity index (χ1n) is 9.06. The summed E-state index contributed by atoms with van der Waals surface area (Å²) in [5.74, 6) is -1.68. The van der Waals surface area contributed by atoms with Gasteiger partial charge in [0, 0.05) is 10.8 Å². The summed E-state index contributed by atoms with van der Waals surface area (Å²) in [6, 6.07) is 6.85. The Balaban J connectivity index is 1.78. The number of carbonyl (C=O) groups is 2. The van der Waals surface area contributed by atoms with Gasteiger partial charge in [0.05, 0.1) is 25.5 Å². The molecule has 1 heterocycles. The maximum Gasteiger partial charge on any atom is 0.350 e. The lowest BCUT2D eigenvalue weighted by atomic mass is 9.64. The molecule has 1 saturated carbocycles. The van der Waals surface area contributed by atoms with Crippen LogP contribution in [-0.4, -0.2) is 75.3 Å². The fourth-order valence-electron chi connectivity index (χ4n) is 3.38. The normalized spacial score (nSPS) is 25.9. The molecule has 1 aromatic carbocycles. The Bertz CT molecular complexity index is 964. The summed E-state index contributed by atoms with van der Waals surface area (Å²) in [5.41, 5.74) is 3.74. The first-order chi connectivity index (χ1) is 14.6. The average molecular weight is 454 g/mol. The van der Waals surface area contributed by atoms with Gasteiger partial charge in [0.25, 0.3) is 0 Å². The summed E-state index contributed by atoms with van der Waals surface area (Å²) >= 11 is 1.06. The van der Waals surface area contributed by atoms with Gasteiger partial charge in [-0.3, -0.25) is 0 Å². The summed E-state index contributed by atoms with van der Waals surface area (Å²) in [6.07, 6.45) is -4.98. The van der Waals surface area contributed by atoms with Crippen molar-refractivity contribution in [1.29, 1.82) is 0 Å². The van der Waals surface area contributed by atoms with Crippen molar-refractivity contribution in [3.8, 4) is 16.2 Å². The molecule has 8 N–H and O–H groups in total. The zero-order chi connectivity index (χ0) is 22.9. The Morgan fingerprint density at radius 3 is 2.48 bits per heavy atom. The van der Waals surface area contributed by atoms with Gasteiger partial charge in [0.1, 0.15) is 16.7 Å². The number of methoxy groups -OCH3 is 1. The van der Waals surface area contributed by atoms with Crippen LogP contribution in [-0.2, 0) is 4.74 Å². The van der Waals surface area contributed by atoms with E-state index in [1.807, 2.05) is 0 Å². The third-order valence-electron chi connectivity index (χ3n) is 5.14. The maximum atomic E-state index is 11.9. The summed E-state index contributed by atoms with van der Waals surface area (Å²) in [5, 5.41) is 51.7. The zero-order valence-corrected chi connectivity index (χ0v) is 17.1. The number of anilines is 1. The minimum atomic E-state index is -2.23. The summed E-state index contributed by atoms with van der Waals surface area (Å²) < 4.78 is 9.98. The van der Waals surface area contributed by atoms with Crippen LogP contribution in [0, 0.1) is 5.92 Å². The van der Waals surface area contributed by atoms with E-state index >= 15 is 0 Å². The second-order valence-corrected chi connectivity index (χ2v) is 7.99. The van der Waals surface area contributed by atoms with Gasteiger partial charge >= 0.3 is 12.0 Å². The molecular formula is C19H22N2O9S. The lowest BCUT2D eigenvalue weighted by Crippen LogP contribution is -2.76. The first kappa shape index (κ1) is 22.9. The molecule has 1 aliphatic rings. The molecule has 1 aliphatic carbocycles. The maximum absolute atomic E-state index is 11.9. The molecule has 5 atom stereocenters. The first-order valence-corrected chi connectivity index (χ1v) is 9.88. The molecule has 0 radical (unpaired) electrons. The SMILES string of the molecule is COC(=O)c1sc(-c2ccc(OC(O)C3(O)C(O)C(O)C3CO)cc2)cc1NC(N)=O. The van der Waals surface area contributed by atoms with Crippen molar-refractivity contribution < 1.29 is 44.6 Å². The van der Waals surface area contributed by atoms with Gasteiger partial charge in [-0.1, -0.05) is 0 Å². The predicted octanol–water partition coefficient (Wildman–Crippen LogP) is -0.536. The molecule has 2 amide bonds. The molecular weight excluding hydrogens is 432 g/mol.